The van der Waals surface area contributed by atoms with E-state index in [2.05, 4.69) is 10.6 Å². The highest BCUT2D eigenvalue weighted by Gasteiger charge is 2.25. The normalized spacial score (nSPS) is 22.1. The summed E-state index contributed by atoms with van der Waals surface area (Å²) >= 11 is 0. The first-order valence-corrected chi connectivity index (χ1v) is 6.98. The molecule has 1 aliphatic carbocycles. The number of anilines is 1. The van der Waals surface area contributed by atoms with Crippen LogP contribution < -0.4 is 16.4 Å². The van der Waals surface area contributed by atoms with Crippen LogP contribution in [0.15, 0.2) is 24.3 Å². The lowest BCUT2D eigenvalue weighted by Crippen LogP contribution is -2.34. The zero-order valence-electron chi connectivity index (χ0n) is 11.7. The van der Waals surface area contributed by atoms with Crippen LogP contribution in [0.3, 0.4) is 0 Å². The van der Waals surface area contributed by atoms with Gasteiger partial charge in [-0.2, -0.15) is 0 Å². The molecule has 0 aromatic heterocycles. The minimum Gasteiger partial charge on any atom is -0.355 e. The summed E-state index contributed by atoms with van der Waals surface area (Å²) in [5.74, 6) is -0.197. The van der Waals surface area contributed by atoms with Gasteiger partial charge in [0.1, 0.15) is 0 Å². The van der Waals surface area contributed by atoms with Crippen molar-refractivity contribution in [3.8, 4) is 0 Å². The van der Waals surface area contributed by atoms with Gasteiger partial charge in [-0.15, -0.1) is 0 Å². The summed E-state index contributed by atoms with van der Waals surface area (Å²) in [6.07, 6.45) is 3.61. The topological polar surface area (TPSA) is 84.2 Å². The van der Waals surface area contributed by atoms with Crippen molar-refractivity contribution in [3.05, 3.63) is 29.8 Å². The number of hydrogen-bond acceptors (Lipinski definition) is 3. The number of hydrogen-bond donors (Lipinski definition) is 3. The molecule has 0 heterocycles. The van der Waals surface area contributed by atoms with Crippen LogP contribution in [0.2, 0.25) is 0 Å². The molecule has 20 heavy (non-hydrogen) atoms. The van der Waals surface area contributed by atoms with Crippen molar-refractivity contribution in [1.82, 2.24) is 5.32 Å². The molecular formula is C15H21N3O2. The third kappa shape index (κ3) is 3.57. The summed E-state index contributed by atoms with van der Waals surface area (Å²) in [7, 11) is 1.58. The average molecular weight is 275 g/mol. The first kappa shape index (κ1) is 14.5. The lowest BCUT2D eigenvalue weighted by molar-refractivity contribution is -0.120. The number of nitrogens with one attached hydrogen (secondary N) is 2. The van der Waals surface area contributed by atoms with E-state index in [4.69, 9.17) is 5.73 Å². The second-order valence-corrected chi connectivity index (χ2v) is 5.27. The Morgan fingerprint density at radius 2 is 2.10 bits per heavy atom. The molecule has 1 saturated carbocycles. The van der Waals surface area contributed by atoms with Gasteiger partial charge >= 0.3 is 0 Å². The van der Waals surface area contributed by atoms with Crippen LogP contribution in [0.25, 0.3) is 0 Å². The van der Waals surface area contributed by atoms with Crippen molar-refractivity contribution in [2.75, 3.05) is 12.4 Å². The highest BCUT2D eigenvalue weighted by Crippen LogP contribution is 2.24. The average Bonchev–Trinajstić information content (AvgIpc) is 2.46. The van der Waals surface area contributed by atoms with E-state index < -0.39 is 0 Å². The molecule has 108 valence electrons. The minimum absolute atomic E-state index is 0.00536. The van der Waals surface area contributed by atoms with Crippen LogP contribution in [0.5, 0.6) is 0 Å². The molecule has 2 atom stereocenters. The van der Waals surface area contributed by atoms with Gasteiger partial charge in [0, 0.05) is 30.3 Å². The lowest BCUT2D eigenvalue weighted by atomic mass is 9.85. The third-order valence-corrected chi connectivity index (χ3v) is 3.70. The van der Waals surface area contributed by atoms with Crippen LogP contribution in [-0.2, 0) is 4.79 Å². The lowest BCUT2D eigenvalue weighted by Gasteiger charge is -2.25. The van der Waals surface area contributed by atoms with Gasteiger partial charge in [0.25, 0.3) is 5.91 Å². The fourth-order valence-corrected chi connectivity index (χ4v) is 2.59. The number of benzene rings is 1. The molecule has 1 fully saturated rings. The van der Waals surface area contributed by atoms with Crippen molar-refractivity contribution in [2.24, 2.45) is 11.7 Å². The number of amides is 2. The smallest absolute Gasteiger partial charge is 0.251 e. The maximum atomic E-state index is 12.2. The summed E-state index contributed by atoms with van der Waals surface area (Å²) in [6, 6.07) is 7.06. The Bertz CT molecular complexity index is 502. The second-order valence-electron chi connectivity index (χ2n) is 5.27. The van der Waals surface area contributed by atoms with Crippen LogP contribution in [0, 0.1) is 5.92 Å². The van der Waals surface area contributed by atoms with Gasteiger partial charge in [0.05, 0.1) is 0 Å². The van der Waals surface area contributed by atoms with Gasteiger partial charge in [-0.25, -0.2) is 0 Å². The molecule has 2 amide bonds. The molecule has 0 radical (unpaired) electrons. The highest BCUT2D eigenvalue weighted by molar-refractivity contribution is 5.97. The van der Waals surface area contributed by atoms with Crippen LogP contribution in [0.4, 0.5) is 5.69 Å². The molecule has 1 aliphatic rings. The molecule has 5 nitrogen and oxygen atoms in total. The number of carbonyl (C=O) groups excluding carboxylic acids is 2. The van der Waals surface area contributed by atoms with E-state index in [-0.39, 0.29) is 23.8 Å². The molecule has 0 saturated heterocycles. The van der Waals surface area contributed by atoms with Crippen molar-refractivity contribution < 1.29 is 9.59 Å². The Balaban J connectivity index is 2.02. The van der Waals surface area contributed by atoms with Gasteiger partial charge in [0.15, 0.2) is 0 Å². The summed E-state index contributed by atoms with van der Waals surface area (Å²) in [4.78, 5) is 23.8. The zero-order chi connectivity index (χ0) is 14.5. The van der Waals surface area contributed by atoms with Crippen molar-refractivity contribution >= 4 is 17.5 Å². The first-order valence-electron chi connectivity index (χ1n) is 6.98. The monoisotopic (exact) mass is 275 g/mol. The molecule has 4 N–H and O–H groups in total. The molecule has 0 spiro atoms. The van der Waals surface area contributed by atoms with Crippen molar-refractivity contribution in [3.63, 3.8) is 0 Å². The van der Waals surface area contributed by atoms with E-state index >= 15 is 0 Å². The predicted octanol–water partition coefficient (Wildman–Crippen LogP) is 1.50. The largest absolute Gasteiger partial charge is 0.355 e. The number of rotatable bonds is 3. The van der Waals surface area contributed by atoms with Crippen molar-refractivity contribution in [2.45, 2.75) is 31.7 Å². The Kier molecular flexibility index (Phi) is 4.74. The van der Waals surface area contributed by atoms with Gasteiger partial charge < -0.3 is 16.4 Å². The minimum atomic E-state index is -0.166. The van der Waals surface area contributed by atoms with E-state index in [1.807, 2.05) is 0 Å². The van der Waals surface area contributed by atoms with Gasteiger partial charge in [0.2, 0.25) is 5.91 Å². The highest BCUT2D eigenvalue weighted by atomic mass is 16.2. The molecular weight excluding hydrogens is 254 g/mol. The summed E-state index contributed by atoms with van der Waals surface area (Å²) in [6.45, 7) is 0. The first-order chi connectivity index (χ1) is 9.60. The Morgan fingerprint density at radius 3 is 2.80 bits per heavy atom. The molecule has 5 heteroatoms. The SMILES string of the molecule is CNC(=O)c1cccc(NC(=O)C2CCCC(N)C2)c1. The molecule has 1 aromatic rings. The van der Waals surface area contributed by atoms with Crippen LogP contribution >= 0.6 is 0 Å². The van der Waals surface area contributed by atoms with Crippen LogP contribution in [-0.4, -0.2) is 24.9 Å². The maximum Gasteiger partial charge on any atom is 0.251 e. The number of carbonyl (C=O) groups is 2. The van der Waals surface area contributed by atoms with Crippen LogP contribution in [0.1, 0.15) is 36.0 Å². The van der Waals surface area contributed by atoms with Gasteiger partial charge in [-0.1, -0.05) is 12.5 Å². The van der Waals surface area contributed by atoms with E-state index in [0.717, 1.165) is 25.7 Å². The maximum absolute atomic E-state index is 12.2. The predicted molar refractivity (Wildman–Crippen MR) is 78.4 cm³/mol. The molecule has 2 unspecified atom stereocenters. The molecule has 0 bridgehead atoms. The van der Waals surface area contributed by atoms with E-state index in [0.29, 0.717) is 11.3 Å². The summed E-state index contributed by atoms with van der Waals surface area (Å²) in [5, 5.41) is 5.44. The summed E-state index contributed by atoms with van der Waals surface area (Å²) < 4.78 is 0. The molecule has 2 rings (SSSR count). The van der Waals surface area contributed by atoms with E-state index in [9.17, 15) is 9.59 Å². The molecule has 0 aliphatic heterocycles. The van der Waals surface area contributed by atoms with E-state index in [1.165, 1.54) is 0 Å². The van der Waals surface area contributed by atoms with E-state index in [1.54, 1.807) is 31.3 Å². The summed E-state index contributed by atoms with van der Waals surface area (Å²) in [5.41, 5.74) is 7.09. The quantitative estimate of drug-likeness (QED) is 0.781. The number of nitrogens with two attached hydrogens (primary N) is 1. The second kappa shape index (κ2) is 6.52. The third-order valence-electron chi connectivity index (χ3n) is 3.70. The van der Waals surface area contributed by atoms with Gasteiger partial charge in [-0.05, 0) is 37.5 Å². The van der Waals surface area contributed by atoms with Crippen molar-refractivity contribution in [1.29, 1.82) is 0 Å². The fourth-order valence-electron chi connectivity index (χ4n) is 2.59. The van der Waals surface area contributed by atoms with Gasteiger partial charge in [-0.3, -0.25) is 9.59 Å². The Hall–Kier alpha value is -1.88. The molecule has 1 aromatic carbocycles. The fraction of sp³-hybridized carbons (Fsp3) is 0.467. The Morgan fingerprint density at radius 1 is 1.30 bits per heavy atom. The standard InChI is InChI=1S/C15H21N3O2/c1-17-14(19)11-5-3-7-13(9-11)18-15(20)10-4-2-6-12(16)8-10/h3,5,7,9-10,12H,2,4,6,8,16H2,1H3,(H,17,19)(H,18,20). The zero-order valence-corrected chi connectivity index (χ0v) is 11.7. The Labute approximate surface area is 118 Å².